The largest absolute Gasteiger partial charge is 0.390 e. The van der Waals surface area contributed by atoms with Gasteiger partial charge < -0.3 is 5.11 Å². The van der Waals surface area contributed by atoms with Crippen molar-refractivity contribution < 1.29 is 9.90 Å². The van der Waals surface area contributed by atoms with Gasteiger partial charge >= 0.3 is 0 Å². The molecule has 2 aromatic heterocycles. The molecular formula is C16H22N4O2. The number of imidazole rings is 1. The summed E-state index contributed by atoms with van der Waals surface area (Å²) >= 11 is 0. The molecular weight excluding hydrogens is 280 g/mol. The van der Waals surface area contributed by atoms with Crippen LogP contribution in [0.3, 0.4) is 0 Å². The molecule has 0 spiro atoms. The summed E-state index contributed by atoms with van der Waals surface area (Å²) in [7, 11) is 0. The van der Waals surface area contributed by atoms with Gasteiger partial charge in [-0.15, -0.1) is 0 Å². The fourth-order valence-corrected chi connectivity index (χ4v) is 2.61. The first-order chi connectivity index (χ1) is 10.2. The molecule has 0 unspecified atom stereocenters. The standard InChI is InChI=1S/C16H22N4O2/c1-10-5-6-11-13(17-10)20(16(4)7-8-16)14(18-11)19-12(21)9-15(2,3)22/h5-6,22H,7-9H2,1-4H3,(H,18,19,21). The van der Waals surface area contributed by atoms with Crippen LogP contribution in [0.2, 0.25) is 0 Å². The minimum absolute atomic E-state index is 0.0272. The number of pyridine rings is 1. The van der Waals surface area contributed by atoms with E-state index in [0.717, 1.165) is 29.7 Å². The first-order valence-electron chi connectivity index (χ1n) is 7.57. The van der Waals surface area contributed by atoms with Crippen LogP contribution >= 0.6 is 0 Å². The van der Waals surface area contributed by atoms with E-state index < -0.39 is 5.60 Å². The monoisotopic (exact) mass is 302 g/mol. The Bertz CT molecular complexity index is 738. The topological polar surface area (TPSA) is 80.0 Å². The zero-order chi connectivity index (χ0) is 16.1. The Morgan fingerprint density at radius 3 is 2.68 bits per heavy atom. The van der Waals surface area contributed by atoms with E-state index in [2.05, 4.69) is 22.2 Å². The molecule has 0 saturated heterocycles. The predicted molar refractivity (Wildman–Crippen MR) is 84.7 cm³/mol. The highest BCUT2D eigenvalue weighted by Gasteiger charge is 2.42. The third kappa shape index (κ3) is 2.83. The van der Waals surface area contributed by atoms with Crippen LogP contribution in [-0.2, 0) is 10.3 Å². The van der Waals surface area contributed by atoms with E-state index >= 15 is 0 Å². The number of amides is 1. The summed E-state index contributed by atoms with van der Waals surface area (Å²) in [6.45, 7) is 7.31. The molecule has 1 aliphatic rings. The molecule has 2 aromatic rings. The van der Waals surface area contributed by atoms with E-state index in [1.807, 2.05) is 23.6 Å². The van der Waals surface area contributed by atoms with Crippen LogP contribution in [0.15, 0.2) is 12.1 Å². The Labute approximate surface area is 129 Å². The lowest BCUT2D eigenvalue weighted by molar-refractivity contribution is -0.119. The zero-order valence-corrected chi connectivity index (χ0v) is 13.5. The normalized spacial score (nSPS) is 16.8. The van der Waals surface area contributed by atoms with Crippen molar-refractivity contribution in [3.63, 3.8) is 0 Å². The summed E-state index contributed by atoms with van der Waals surface area (Å²) < 4.78 is 2.03. The maximum Gasteiger partial charge on any atom is 0.229 e. The van der Waals surface area contributed by atoms with E-state index in [0.29, 0.717) is 5.95 Å². The van der Waals surface area contributed by atoms with Crippen molar-refractivity contribution in [2.24, 2.45) is 0 Å². The van der Waals surface area contributed by atoms with E-state index in [9.17, 15) is 9.90 Å². The number of aromatic nitrogens is 3. The zero-order valence-electron chi connectivity index (χ0n) is 13.5. The van der Waals surface area contributed by atoms with Gasteiger partial charge in [-0.2, -0.15) is 0 Å². The van der Waals surface area contributed by atoms with Crippen LogP contribution in [0.4, 0.5) is 5.95 Å². The summed E-state index contributed by atoms with van der Waals surface area (Å²) in [5.74, 6) is 0.271. The lowest BCUT2D eigenvalue weighted by Gasteiger charge is -2.18. The lowest BCUT2D eigenvalue weighted by Crippen LogP contribution is -2.29. The number of rotatable bonds is 4. The van der Waals surface area contributed by atoms with Crippen LogP contribution in [0.25, 0.3) is 11.2 Å². The summed E-state index contributed by atoms with van der Waals surface area (Å²) in [6.07, 6.45) is 2.12. The quantitative estimate of drug-likeness (QED) is 0.908. The molecule has 6 nitrogen and oxygen atoms in total. The number of carbonyl (C=O) groups is 1. The van der Waals surface area contributed by atoms with Gasteiger partial charge in [-0.05, 0) is 52.7 Å². The number of carbonyl (C=O) groups excluding carboxylic acids is 1. The molecule has 1 aliphatic carbocycles. The minimum atomic E-state index is -1.04. The van der Waals surface area contributed by atoms with Gasteiger partial charge in [-0.3, -0.25) is 14.7 Å². The van der Waals surface area contributed by atoms with Crippen LogP contribution in [0.1, 0.15) is 45.7 Å². The Hall–Kier alpha value is -1.95. The van der Waals surface area contributed by atoms with Crippen LogP contribution < -0.4 is 5.32 Å². The summed E-state index contributed by atoms with van der Waals surface area (Å²) in [6, 6.07) is 3.84. The van der Waals surface area contributed by atoms with Crippen LogP contribution in [0.5, 0.6) is 0 Å². The number of anilines is 1. The van der Waals surface area contributed by atoms with Gasteiger partial charge in [-0.25, -0.2) is 9.97 Å². The average molecular weight is 302 g/mol. The van der Waals surface area contributed by atoms with Crippen molar-refractivity contribution in [1.29, 1.82) is 0 Å². The van der Waals surface area contributed by atoms with Crippen molar-refractivity contribution in [1.82, 2.24) is 14.5 Å². The van der Waals surface area contributed by atoms with E-state index in [-0.39, 0.29) is 17.9 Å². The minimum Gasteiger partial charge on any atom is -0.390 e. The third-order valence-corrected chi connectivity index (χ3v) is 4.00. The maximum absolute atomic E-state index is 12.1. The van der Waals surface area contributed by atoms with E-state index in [1.165, 1.54) is 0 Å². The molecule has 1 amide bonds. The summed E-state index contributed by atoms with van der Waals surface area (Å²) in [4.78, 5) is 21.2. The van der Waals surface area contributed by atoms with E-state index in [1.54, 1.807) is 13.8 Å². The number of aryl methyl sites for hydroxylation is 1. The first kappa shape index (κ1) is 15.0. The van der Waals surface area contributed by atoms with Crippen LogP contribution in [-0.4, -0.2) is 31.1 Å². The fourth-order valence-electron chi connectivity index (χ4n) is 2.61. The van der Waals surface area contributed by atoms with Crippen molar-refractivity contribution >= 4 is 23.0 Å². The Kier molecular flexibility index (Phi) is 3.25. The SMILES string of the molecule is Cc1ccc2nc(NC(=O)CC(C)(C)O)n(C3(C)CC3)c2n1. The van der Waals surface area contributed by atoms with Crippen molar-refractivity contribution in [2.75, 3.05) is 5.32 Å². The lowest BCUT2D eigenvalue weighted by atomic mass is 10.1. The molecule has 118 valence electrons. The number of fused-ring (bicyclic) bond motifs is 1. The van der Waals surface area contributed by atoms with E-state index in [4.69, 9.17) is 0 Å². The van der Waals surface area contributed by atoms with Crippen molar-refractivity contribution in [3.8, 4) is 0 Å². The molecule has 2 heterocycles. The molecule has 0 atom stereocenters. The second-order valence-electron chi connectivity index (χ2n) is 7.10. The average Bonchev–Trinajstić information content (AvgIpc) is 2.98. The Morgan fingerprint density at radius 1 is 1.41 bits per heavy atom. The number of hydrogen-bond donors (Lipinski definition) is 2. The van der Waals surface area contributed by atoms with Gasteiger partial charge in [-0.1, -0.05) is 0 Å². The maximum atomic E-state index is 12.1. The highest BCUT2D eigenvalue weighted by atomic mass is 16.3. The predicted octanol–water partition coefficient (Wildman–Crippen LogP) is 2.35. The summed E-state index contributed by atoms with van der Waals surface area (Å²) in [5.41, 5.74) is 1.43. The molecule has 0 aliphatic heterocycles. The van der Waals surface area contributed by atoms with Gasteiger partial charge in [0.15, 0.2) is 5.65 Å². The van der Waals surface area contributed by atoms with Crippen molar-refractivity contribution in [2.45, 2.75) is 58.1 Å². The molecule has 1 fully saturated rings. The number of nitrogens with zero attached hydrogens (tertiary/aromatic N) is 3. The second kappa shape index (κ2) is 4.78. The van der Waals surface area contributed by atoms with Crippen molar-refractivity contribution in [3.05, 3.63) is 17.8 Å². The van der Waals surface area contributed by atoms with Gasteiger partial charge in [0.2, 0.25) is 11.9 Å². The number of nitrogens with one attached hydrogen (secondary N) is 1. The molecule has 2 N–H and O–H groups in total. The first-order valence-corrected chi connectivity index (χ1v) is 7.57. The Morgan fingerprint density at radius 2 is 2.09 bits per heavy atom. The highest BCUT2D eigenvalue weighted by molar-refractivity contribution is 5.91. The van der Waals surface area contributed by atoms with Gasteiger partial charge in [0.05, 0.1) is 12.0 Å². The Balaban J connectivity index is 2.00. The van der Waals surface area contributed by atoms with Gasteiger partial charge in [0.1, 0.15) is 5.52 Å². The molecule has 0 radical (unpaired) electrons. The highest BCUT2D eigenvalue weighted by Crippen LogP contribution is 2.46. The summed E-state index contributed by atoms with van der Waals surface area (Å²) in [5, 5.41) is 12.6. The number of aliphatic hydroxyl groups is 1. The number of hydrogen-bond acceptors (Lipinski definition) is 4. The fraction of sp³-hybridized carbons (Fsp3) is 0.562. The second-order valence-corrected chi connectivity index (χ2v) is 7.10. The molecule has 0 aromatic carbocycles. The van der Waals surface area contributed by atoms with Gasteiger partial charge in [0, 0.05) is 11.2 Å². The molecule has 6 heteroatoms. The molecule has 1 saturated carbocycles. The molecule has 22 heavy (non-hydrogen) atoms. The molecule has 3 rings (SSSR count). The molecule has 0 bridgehead atoms. The smallest absolute Gasteiger partial charge is 0.229 e. The third-order valence-electron chi connectivity index (χ3n) is 4.00. The van der Waals surface area contributed by atoms with Crippen LogP contribution in [0, 0.1) is 6.92 Å². The van der Waals surface area contributed by atoms with Gasteiger partial charge in [0.25, 0.3) is 0 Å².